The lowest BCUT2D eigenvalue weighted by molar-refractivity contribution is 1.28. The summed E-state index contributed by atoms with van der Waals surface area (Å²) in [4.78, 5) is 4.67. The van der Waals surface area contributed by atoms with Crippen LogP contribution in [0.15, 0.2) is 53.5 Å². The van der Waals surface area contributed by atoms with E-state index in [9.17, 15) is 0 Å². The molecule has 1 nitrogen and oxygen atoms in total. The van der Waals surface area contributed by atoms with Crippen molar-refractivity contribution in [3.05, 3.63) is 64.7 Å². The van der Waals surface area contributed by atoms with E-state index in [0.29, 0.717) is 0 Å². The first-order valence-electron chi connectivity index (χ1n) is 5.15. The Hall–Kier alpha value is -1.89. The molecule has 72 valence electrons. The number of hydrogen-bond donors (Lipinski definition) is 0. The van der Waals surface area contributed by atoms with Crippen LogP contribution in [0.1, 0.15) is 5.56 Å². The highest BCUT2D eigenvalue weighted by molar-refractivity contribution is 5.51. The van der Waals surface area contributed by atoms with Gasteiger partial charge in [0, 0.05) is 0 Å². The maximum Gasteiger partial charge on any atom is 0.0706 e. The van der Waals surface area contributed by atoms with Gasteiger partial charge in [-0.25, -0.2) is 4.99 Å². The summed E-state index contributed by atoms with van der Waals surface area (Å²) >= 11 is 0. The molecule has 15 heavy (non-hydrogen) atoms. The summed E-state index contributed by atoms with van der Waals surface area (Å²) in [6.45, 7) is 0. The maximum atomic E-state index is 4.67. The average Bonchev–Trinajstić information content (AvgIpc) is 2.48. The molecule has 1 heterocycles. The number of hydrogen-bond acceptors (Lipinski definition) is 1. The zero-order chi connectivity index (χ0) is 10.1. The van der Waals surface area contributed by atoms with Crippen LogP contribution in [-0.4, -0.2) is 0 Å². The first-order chi connectivity index (χ1) is 7.43. The number of para-hydroxylation sites is 2. The molecule has 0 spiro atoms. The second kappa shape index (κ2) is 3.35. The van der Waals surface area contributed by atoms with Gasteiger partial charge < -0.3 is 0 Å². The predicted molar refractivity (Wildman–Crippen MR) is 61.5 cm³/mol. The van der Waals surface area contributed by atoms with Crippen molar-refractivity contribution in [2.75, 3.05) is 0 Å². The van der Waals surface area contributed by atoms with Crippen LogP contribution in [0.25, 0.3) is 6.08 Å². The van der Waals surface area contributed by atoms with Gasteiger partial charge in [0.15, 0.2) is 0 Å². The molecule has 0 bridgehead atoms. The molecular formula is C14H11N. The summed E-state index contributed by atoms with van der Waals surface area (Å²) in [5.74, 6) is 0. The summed E-state index contributed by atoms with van der Waals surface area (Å²) in [7, 11) is 0. The van der Waals surface area contributed by atoms with Gasteiger partial charge in [-0.1, -0.05) is 42.5 Å². The lowest BCUT2D eigenvalue weighted by atomic mass is 10.1. The molecule has 0 aliphatic carbocycles. The number of nitrogens with zero attached hydrogens (tertiary/aromatic N) is 1. The summed E-state index contributed by atoms with van der Waals surface area (Å²) in [6, 6.07) is 16.6. The van der Waals surface area contributed by atoms with Gasteiger partial charge in [-0.2, -0.15) is 0 Å². The molecule has 1 heteroatoms. The molecule has 2 aromatic carbocycles. The maximum absolute atomic E-state index is 4.67. The van der Waals surface area contributed by atoms with Crippen LogP contribution < -0.4 is 10.6 Å². The lowest BCUT2D eigenvalue weighted by Crippen LogP contribution is -2.22. The van der Waals surface area contributed by atoms with Crippen molar-refractivity contribution in [1.29, 1.82) is 0 Å². The molecule has 0 unspecified atom stereocenters. The van der Waals surface area contributed by atoms with E-state index in [4.69, 9.17) is 0 Å². The van der Waals surface area contributed by atoms with Gasteiger partial charge in [-0.05, 0) is 29.3 Å². The minimum atomic E-state index is 0.969. The molecular weight excluding hydrogens is 182 g/mol. The normalized spacial score (nSPS) is 12.8. The van der Waals surface area contributed by atoms with Crippen LogP contribution in [-0.2, 0) is 6.42 Å². The topological polar surface area (TPSA) is 12.4 Å². The molecule has 0 N–H and O–H groups in total. The Morgan fingerprint density at radius 3 is 2.67 bits per heavy atom. The molecule has 0 saturated heterocycles. The van der Waals surface area contributed by atoms with E-state index in [1.54, 1.807) is 0 Å². The van der Waals surface area contributed by atoms with Gasteiger partial charge in [0.25, 0.3) is 0 Å². The van der Waals surface area contributed by atoms with E-state index in [1.807, 2.05) is 12.1 Å². The van der Waals surface area contributed by atoms with E-state index < -0.39 is 0 Å². The van der Waals surface area contributed by atoms with E-state index in [1.165, 1.54) is 10.8 Å². The zero-order valence-corrected chi connectivity index (χ0v) is 8.35. The fourth-order valence-electron chi connectivity index (χ4n) is 1.90. The summed E-state index contributed by atoms with van der Waals surface area (Å²) in [5, 5.41) is 2.30. The fourth-order valence-corrected chi connectivity index (χ4v) is 1.90. The standard InChI is InChI=1S/C14H11N/c1-3-7-13-11(5-1)9-10-12-6-2-4-8-14(12)15-13/h1-9H,10H2. The Morgan fingerprint density at radius 1 is 0.867 bits per heavy atom. The monoisotopic (exact) mass is 193 g/mol. The Balaban J connectivity index is 2.36. The minimum absolute atomic E-state index is 0.969. The predicted octanol–water partition coefficient (Wildman–Crippen LogP) is 1.97. The van der Waals surface area contributed by atoms with Crippen molar-refractivity contribution >= 4 is 11.8 Å². The van der Waals surface area contributed by atoms with Crippen LogP contribution in [0, 0.1) is 0 Å². The number of rotatable bonds is 0. The van der Waals surface area contributed by atoms with Crippen LogP contribution in [0.3, 0.4) is 0 Å². The molecule has 1 aliphatic rings. The second-order valence-electron chi connectivity index (χ2n) is 3.71. The van der Waals surface area contributed by atoms with Gasteiger partial charge in [0.1, 0.15) is 0 Å². The van der Waals surface area contributed by atoms with Gasteiger partial charge in [-0.3, -0.25) is 0 Å². The Labute approximate surface area is 88.4 Å². The second-order valence-corrected chi connectivity index (χ2v) is 3.71. The molecule has 0 atom stereocenters. The van der Waals surface area contributed by atoms with Crippen LogP contribution in [0.5, 0.6) is 0 Å². The Bertz CT molecular complexity index is 611. The largest absolute Gasteiger partial charge is 0.248 e. The smallest absolute Gasteiger partial charge is 0.0706 e. The molecule has 1 aliphatic heterocycles. The van der Waals surface area contributed by atoms with Crippen molar-refractivity contribution in [3.8, 4) is 0 Å². The van der Waals surface area contributed by atoms with Crippen molar-refractivity contribution in [2.45, 2.75) is 6.42 Å². The van der Waals surface area contributed by atoms with E-state index in [-0.39, 0.29) is 0 Å². The highest BCUT2D eigenvalue weighted by Gasteiger charge is 2.01. The zero-order valence-electron chi connectivity index (χ0n) is 8.35. The lowest BCUT2D eigenvalue weighted by Gasteiger charge is -1.98. The van der Waals surface area contributed by atoms with E-state index in [0.717, 1.165) is 17.5 Å². The highest BCUT2D eigenvalue weighted by Crippen LogP contribution is 2.19. The third kappa shape index (κ3) is 1.46. The Morgan fingerprint density at radius 2 is 1.67 bits per heavy atom. The first-order valence-corrected chi connectivity index (χ1v) is 5.15. The van der Waals surface area contributed by atoms with Crippen LogP contribution in [0.2, 0.25) is 0 Å². The molecule has 0 radical (unpaired) electrons. The number of fused-ring (bicyclic) bond motifs is 2. The molecule has 0 fully saturated rings. The fraction of sp³-hybridized carbons (Fsp3) is 0.0714. The quantitative estimate of drug-likeness (QED) is 0.606. The minimum Gasteiger partial charge on any atom is -0.248 e. The van der Waals surface area contributed by atoms with E-state index in [2.05, 4.69) is 47.5 Å². The summed E-state index contributed by atoms with van der Waals surface area (Å²) < 4.78 is 0. The van der Waals surface area contributed by atoms with Crippen molar-refractivity contribution in [3.63, 3.8) is 0 Å². The van der Waals surface area contributed by atoms with E-state index >= 15 is 0 Å². The van der Waals surface area contributed by atoms with Gasteiger partial charge in [0.2, 0.25) is 0 Å². The SMILES string of the molecule is C1=c2ccccc2=Nc2ccccc2C1. The van der Waals surface area contributed by atoms with Gasteiger partial charge in [-0.15, -0.1) is 0 Å². The molecule has 3 rings (SSSR count). The first kappa shape index (κ1) is 8.42. The Kier molecular flexibility index (Phi) is 1.88. The molecule has 0 saturated carbocycles. The molecule has 0 amide bonds. The number of benzene rings is 2. The molecule has 2 aromatic rings. The summed E-state index contributed by atoms with van der Waals surface area (Å²) in [5.41, 5.74) is 2.40. The summed E-state index contributed by atoms with van der Waals surface area (Å²) in [6.07, 6.45) is 3.21. The van der Waals surface area contributed by atoms with Crippen molar-refractivity contribution in [2.24, 2.45) is 4.99 Å². The third-order valence-electron chi connectivity index (χ3n) is 2.71. The van der Waals surface area contributed by atoms with Gasteiger partial charge >= 0.3 is 0 Å². The van der Waals surface area contributed by atoms with Gasteiger partial charge in [0.05, 0.1) is 11.0 Å². The highest BCUT2D eigenvalue weighted by atomic mass is 14.7. The third-order valence-corrected chi connectivity index (χ3v) is 2.71. The average molecular weight is 193 g/mol. The molecule has 0 aromatic heterocycles. The van der Waals surface area contributed by atoms with Crippen molar-refractivity contribution in [1.82, 2.24) is 0 Å². The van der Waals surface area contributed by atoms with Crippen molar-refractivity contribution < 1.29 is 0 Å². The van der Waals surface area contributed by atoms with Crippen LogP contribution >= 0.6 is 0 Å². The van der Waals surface area contributed by atoms with Crippen LogP contribution in [0.4, 0.5) is 5.69 Å².